The number of H-pyrrole nitrogens is 1. The van der Waals surface area contributed by atoms with E-state index in [2.05, 4.69) is 41.1 Å². The number of rotatable bonds is 10. The van der Waals surface area contributed by atoms with Crippen molar-refractivity contribution in [1.29, 1.82) is 0 Å². The van der Waals surface area contributed by atoms with Gasteiger partial charge in [-0.2, -0.15) is 9.78 Å². The molecule has 14 nitrogen and oxygen atoms in total. The summed E-state index contributed by atoms with van der Waals surface area (Å²) in [5.74, 6) is 0.0532. The second-order valence-corrected chi connectivity index (χ2v) is 12.3. The van der Waals surface area contributed by atoms with Gasteiger partial charge in [0.2, 0.25) is 11.8 Å². The summed E-state index contributed by atoms with van der Waals surface area (Å²) in [4.78, 5) is 52.8. The van der Waals surface area contributed by atoms with Crippen LogP contribution in [0.5, 0.6) is 0 Å². The lowest BCUT2D eigenvalue weighted by atomic mass is 9.89. The molecular weight excluding hydrogens is 638 g/mol. The van der Waals surface area contributed by atoms with E-state index in [1.807, 2.05) is 4.90 Å². The zero-order valence-corrected chi connectivity index (χ0v) is 26.9. The minimum atomic E-state index is -0.610. The summed E-state index contributed by atoms with van der Waals surface area (Å²) in [5.41, 5.74) is 2.75. The third-order valence-electron chi connectivity index (χ3n) is 8.45. The normalized spacial score (nSPS) is 16.8. The lowest BCUT2D eigenvalue weighted by Gasteiger charge is -2.34. The fourth-order valence-electron chi connectivity index (χ4n) is 5.87. The van der Waals surface area contributed by atoms with Crippen molar-refractivity contribution in [2.45, 2.75) is 38.1 Å². The van der Waals surface area contributed by atoms with Gasteiger partial charge in [0.15, 0.2) is 0 Å². The second kappa shape index (κ2) is 14.6. The molecule has 2 aromatic carbocycles. The van der Waals surface area contributed by atoms with E-state index < -0.39 is 23.6 Å². The molecule has 3 amide bonds. The first-order chi connectivity index (χ1) is 23.3. The first kappa shape index (κ1) is 32.6. The first-order valence-corrected chi connectivity index (χ1v) is 16.0. The van der Waals surface area contributed by atoms with E-state index in [1.54, 1.807) is 54.6 Å². The molecule has 48 heavy (non-hydrogen) atoms. The van der Waals surface area contributed by atoms with Crippen molar-refractivity contribution in [1.82, 2.24) is 40.6 Å². The molecule has 1 saturated heterocycles. The van der Waals surface area contributed by atoms with Crippen LogP contribution in [-0.4, -0.2) is 73.4 Å². The van der Waals surface area contributed by atoms with Gasteiger partial charge in [0.05, 0.1) is 30.1 Å². The Balaban J connectivity index is 1.26. The number of nitrogens with zero attached hydrogens (tertiary/aromatic N) is 6. The van der Waals surface area contributed by atoms with Gasteiger partial charge in [-0.25, -0.2) is 9.89 Å². The summed E-state index contributed by atoms with van der Waals surface area (Å²) >= 11 is 6.25. The number of tetrazole rings is 1. The highest BCUT2D eigenvalue weighted by Crippen LogP contribution is 2.34. The Hall–Kier alpha value is -5.37. The van der Waals surface area contributed by atoms with Crippen LogP contribution in [0.4, 0.5) is 10.5 Å². The van der Waals surface area contributed by atoms with Crippen LogP contribution in [0.15, 0.2) is 65.7 Å². The highest BCUT2D eigenvalue weighted by molar-refractivity contribution is 6.30. The zero-order valence-electron chi connectivity index (χ0n) is 26.1. The Kier molecular flexibility index (Phi) is 9.90. The van der Waals surface area contributed by atoms with Crippen LogP contribution in [0.1, 0.15) is 49.4 Å². The maximum Gasteiger partial charge on any atom is 0.411 e. The number of anilines is 1. The molecule has 4 aromatic rings. The van der Waals surface area contributed by atoms with E-state index in [1.165, 1.54) is 24.2 Å². The number of hydrogen-bond acceptors (Lipinski definition) is 9. The molecule has 2 aromatic heterocycles. The lowest BCUT2D eigenvalue weighted by molar-refractivity contribution is -0.134. The number of ether oxygens (including phenoxy) is 1. The van der Waals surface area contributed by atoms with Crippen LogP contribution in [0, 0.1) is 11.8 Å². The molecule has 0 bridgehead atoms. The monoisotopic (exact) mass is 671 g/mol. The van der Waals surface area contributed by atoms with Crippen molar-refractivity contribution in [2.24, 2.45) is 11.8 Å². The molecule has 1 aliphatic carbocycles. The SMILES string of the molecule is COC(=O)Nc1ccc(-c2cc([C@H](CC3CCCN(C(=O)C4CC4)C3)NC(=O)/C=C/c3cc(Cl)ccc3-n3cnnn3)n[nH]c2=O)cc1. The zero-order chi connectivity index (χ0) is 33.6. The number of carbonyl (C=O) groups excluding carboxylic acids is 3. The molecule has 248 valence electrons. The Morgan fingerprint density at radius 1 is 1.12 bits per heavy atom. The van der Waals surface area contributed by atoms with Crippen molar-refractivity contribution in [3.05, 3.63) is 87.6 Å². The van der Waals surface area contributed by atoms with Crippen molar-refractivity contribution < 1.29 is 19.1 Å². The molecule has 2 fully saturated rings. The third kappa shape index (κ3) is 7.94. The average molecular weight is 672 g/mol. The molecule has 2 aliphatic rings. The minimum Gasteiger partial charge on any atom is -0.453 e. The number of methoxy groups -OCH3 is 1. The number of likely N-dealkylation sites (tertiary alicyclic amines) is 1. The van der Waals surface area contributed by atoms with E-state index in [0.29, 0.717) is 51.7 Å². The van der Waals surface area contributed by atoms with E-state index in [9.17, 15) is 19.2 Å². The van der Waals surface area contributed by atoms with Gasteiger partial charge in [0.25, 0.3) is 5.56 Å². The van der Waals surface area contributed by atoms with Gasteiger partial charge in [-0.1, -0.05) is 23.7 Å². The van der Waals surface area contributed by atoms with Crippen molar-refractivity contribution in [3.63, 3.8) is 0 Å². The molecule has 6 rings (SSSR count). The van der Waals surface area contributed by atoms with Crippen molar-refractivity contribution in [2.75, 3.05) is 25.5 Å². The Morgan fingerprint density at radius 2 is 1.94 bits per heavy atom. The number of aromatic amines is 1. The highest BCUT2D eigenvalue weighted by Gasteiger charge is 2.36. The van der Waals surface area contributed by atoms with Gasteiger partial charge in [-0.3, -0.25) is 19.7 Å². The Morgan fingerprint density at radius 3 is 2.67 bits per heavy atom. The maximum absolute atomic E-state index is 13.5. The summed E-state index contributed by atoms with van der Waals surface area (Å²) in [6.45, 7) is 1.33. The number of amides is 3. The van der Waals surface area contributed by atoms with Crippen LogP contribution in [0.2, 0.25) is 5.02 Å². The summed E-state index contributed by atoms with van der Waals surface area (Å²) < 4.78 is 6.11. The first-order valence-electron chi connectivity index (χ1n) is 15.6. The number of benzene rings is 2. The number of nitrogens with one attached hydrogen (secondary N) is 3. The number of hydrogen-bond donors (Lipinski definition) is 3. The summed E-state index contributed by atoms with van der Waals surface area (Å²) in [5, 5.41) is 24.4. The maximum atomic E-state index is 13.5. The van der Waals surface area contributed by atoms with Gasteiger partial charge >= 0.3 is 6.09 Å². The molecule has 1 unspecified atom stereocenters. The smallest absolute Gasteiger partial charge is 0.411 e. The summed E-state index contributed by atoms with van der Waals surface area (Å²) in [6.07, 6.45) is 8.00. The largest absolute Gasteiger partial charge is 0.453 e. The predicted molar refractivity (Wildman–Crippen MR) is 177 cm³/mol. The van der Waals surface area contributed by atoms with Crippen LogP contribution < -0.4 is 16.2 Å². The fraction of sp³-hybridized carbons (Fsp3) is 0.333. The van der Waals surface area contributed by atoms with Crippen LogP contribution >= 0.6 is 11.6 Å². The molecule has 0 spiro atoms. The van der Waals surface area contributed by atoms with Crippen LogP contribution in [0.25, 0.3) is 22.9 Å². The van der Waals surface area contributed by atoms with E-state index in [-0.39, 0.29) is 17.7 Å². The topological polar surface area (TPSA) is 177 Å². The van der Waals surface area contributed by atoms with Crippen molar-refractivity contribution >= 4 is 41.3 Å². The van der Waals surface area contributed by atoms with Gasteiger partial charge in [-0.05, 0) is 96.5 Å². The summed E-state index contributed by atoms with van der Waals surface area (Å²) in [7, 11) is 1.27. The molecule has 2 atom stereocenters. The molecule has 1 aliphatic heterocycles. The minimum absolute atomic E-state index is 0.107. The fourth-order valence-corrected chi connectivity index (χ4v) is 6.05. The van der Waals surface area contributed by atoms with Gasteiger partial charge in [0, 0.05) is 41.4 Å². The molecule has 15 heteroatoms. The summed E-state index contributed by atoms with van der Waals surface area (Å²) in [6, 6.07) is 12.9. The molecule has 1 saturated carbocycles. The van der Waals surface area contributed by atoms with Gasteiger partial charge in [-0.15, -0.1) is 5.10 Å². The number of aromatic nitrogens is 6. The lowest BCUT2D eigenvalue weighted by Crippen LogP contribution is -2.42. The third-order valence-corrected chi connectivity index (χ3v) is 8.69. The average Bonchev–Trinajstić information content (AvgIpc) is 3.81. The standard InChI is InChI=1S/C33H34ClN9O5/c1-48-33(47)36-25-10-6-21(7-11-25)26-17-28(38-39-31(26)45)27(15-20-3-2-14-42(18-20)32(46)22-4-5-22)37-30(44)13-8-23-16-24(34)9-12-29(23)43-19-35-40-41-43/h6-13,16-17,19-20,22,27H,2-5,14-15,18H2,1H3,(H,36,47)(H,37,44)(H,39,45)/b13-8+/t20?,27-/m0/s1. The second-order valence-electron chi connectivity index (χ2n) is 11.9. The molecular formula is C33H34ClN9O5. The van der Waals surface area contributed by atoms with E-state index in [0.717, 1.165) is 32.2 Å². The van der Waals surface area contributed by atoms with Gasteiger partial charge < -0.3 is 15.0 Å². The Bertz CT molecular complexity index is 1870. The van der Waals surface area contributed by atoms with E-state index >= 15 is 0 Å². The van der Waals surface area contributed by atoms with Crippen LogP contribution in [-0.2, 0) is 14.3 Å². The van der Waals surface area contributed by atoms with E-state index in [4.69, 9.17) is 11.6 Å². The van der Waals surface area contributed by atoms with Crippen molar-refractivity contribution in [3.8, 4) is 16.8 Å². The predicted octanol–water partition coefficient (Wildman–Crippen LogP) is 4.15. The molecule has 3 N–H and O–H groups in total. The highest BCUT2D eigenvalue weighted by atomic mass is 35.5. The number of piperidine rings is 1. The Labute approximate surface area is 280 Å². The quantitative estimate of drug-likeness (QED) is 0.209. The number of carbonyl (C=O) groups is 3. The molecule has 0 radical (unpaired) electrons. The van der Waals surface area contributed by atoms with Crippen LogP contribution in [0.3, 0.4) is 0 Å². The molecule has 3 heterocycles. The number of halogens is 1. The van der Waals surface area contributed by atoms with Gasteiger partial charge in [0.1, 0.15) is 6.33 Å².